The highest BCUT2D eigenvalue weighted by Gasteiger charge is 2.14. The van der Waals surface area contributed by atoms with Crippen molar-refractivity contribution in [2.45, 2.75) is 59.7 Å². The predicted molar refractivity (Wildman–Crippen MR) is 83.2 cm³/mol. The van der Waals surface area contributed by atoms with Crippen LogP contribution in [0.15, 0.2) is 12.4 Å². The second kappa shape index (κ2) is 7.20. The van der Waals surface area contributed by atoms with Crippen molar-refractivity contribution < 1.29 is 4.79 Å². The fraction of sp³-hybridized carbons (Fsp3) is 0.600. The highest BCUT2D eigenvalue weighted by Crippen LogP contribution is 2.09. The number of nitrogens with zero attached hydrogens (tertiary/aromatic N) is 5. The molecule has 7 nitrogen and oxygen atoms in total. The molecule has 2 aromatic rings. The maximum Gasteiger partial charge on any atom is 0.220 e. The van der Waals surface area contributed by atoms with E-state index in [1.54, 1.807) is 6.33 Å². The van der Waals surface area contributed by atoms with Gasteiger partial charge in [-0.1, -0.05) is 0 Å². The molecule has 120 valence electrons. The molecule has 0 bridgehead atoms. The Morgan fingerprint density at radius 2 is 2.18 bits per heavy atom. The Morgan fingerprint density at radius 3 is 2.82 bits per heavy atom. The normalized spacial score (nSPS) is 12.4. The lowest BCUT2D eigenvalue weighted by Gasteiger charge is -2.14. The molecule has 0 aliphatic carbocycles. The lowest BCUT2D eigenvalue weighted by atomic mass is 10.2. The van der Waals surface area contributed by atoms with Gasteiger partial charge in [0.05, 0.1) is 11.7 Å². The van der Waals surface area contributed by atoms with Gasteiger partial charge in [0.1, 0.15) is 6.33 Å². The molecule has 1 N–H and O–H groups in total. The smallest absolute Gasteiger partial charge is 0.220 e. The van der Waals surface area contributed by atoms with Crippen LogP contribution in [0.4, 0.5) is 0 Å². The van der Waals surface area contributed by atoms with Crippen molar-refractivity contribution in [2.75, 3.05) is 0 Å². The van der Waals surface area contributed by atoms with E-state index in [0.717, 1.165) is 36.7 Å². The van der Waals surface area contributed by atoms with Crippen LogP contribution in [0.2, 0.25) is 0 Å². The monoisotopic (exact) mass is 304 g/mol. The third kappa shape index (κ3) is 3.93. The summed E-state index contributed by atoms with van der Waals surface area (Å²) in [6.07, 6.45) is 2.92. The van der Waals surface area contributed by atoms with E-state index >= 15 is 0 Å². The van der Waals surface area contributed by atoms with Gasteiger partial charge in [-0.3, -0.25) is 9.48 Å². The van der Waals surface area contributed by atoms with Crippen LogP contribution in [0, 0.1) is 13.8 Å². The predicted octanol–water partition coefficient (Wildman–Crippen LogP) is 1.77. The molecule has 0 saturated carbocycles. The zero-order chi connectivity index (χ0) is 16.1. The molecule has 0 aliphatic rings. The zero-order valence-electron chi connectivity index (χ0n) is 13.7. The molecule has 0 spiro atoms. The Hall–Kier alpha value is -2.18. The van der Waals surface area contributed by atoms with Gasteiger partial charge in [0.15, 0.2) is 5.82 Å². The molecule has 22 heavy (non-hydrogen) atoms. The van der Waals surface area contributed by atoms with E-state index < -0.39 is 0 Å². The summed E-state index contributed by atoms with van der Waals surface area (Å²) in [5.74, 6) is 0.814. The third-order valence-electron chi connectivity index (χ3n) is 3.63. The Morgan fingerprint density at radius 1 is 1.41 bits per heavy atom. The number of aromatic nitrogens is 5. The third-order valence-corrected chi connectivity index (χ3v) is 3.63. The minimum Gasteiger partial charge on any atom is -0.346 e. The minimum atomic E-state index is -0.136. The number of nitrogens with one attached hydrogen (secondary N) is 1. The maximum atomic E-state index is 12.0. The van der Waals surface area contributed by atoms with Crippen molar-refractivity contribution in [3.8, 4) is 0 Å². The maximum absolute atomic E-state index is 12.0. The first kappa shape index (κ1) is 16.2. The number of aryl methyl sites for hydroxylation is 4. The van der Waals surface area contributed by atoms with E-state index in [1.165, 1.54) is 0 Å². The molecule has 1 unspecified atom stereocenters. The van der Waals surface area contributed by atoms with Crippen LogP contribution in [0.25, 0.3) is 0 Å². The van der Waals surface area contributed by atoms with Crippen LogP contribution < -0.4 is 5.32 Å². The second-order valence-electron chi connectivity index (χ2n) is 5.52. The number of amides is 1. The summed E-state index contributed by atoms with van der Waals surface area (Å²) >= 11 is 0. The molecular weight excluding hydrogens is 280 g/mol. The van der Waals surface area contributed by atoms with E-state index in [-0.39, 0.29) is 11.9 Å². The zero-order valence-corrected chi connectivity index (χ0v) is 13.7. The molecule has 1 atom stereocenters. The molecule has 2 aromatic heterocycles. The van der Waals surface area contributed by atoms with Crippen LogP contribution in [-0.4, -0.2) is 30.5 Å². The van der Waals surface area contributed by atoms with Crippen molar-refractivity contribution >= 4 is 5.91 Å². The van der Waals surface area contributed by atoms with Gasteiger partial charge in [0.2, 0.25) is 5.91 Å². The van der Waals surface area contributed by atoms with Crippen molar-refractivity contribution in [1.29, 1.82) is 0 Å². The summed E-state index contributed by atoms with van der Waals surface area (Å²) in [5.41, 5.74) is 2.14. The van der Waals surface area contributed by atoms with Crippen LogP contribution in [0.5, 0.6) is 0 Å². The molecule has 1 amide bonds. The largest absolute Gasteiger partial charge is 0.346 e. The first-order chi connectivity index (χ1) is 10.5. The van der Waals surface area contributed by atoms with E-state index in [9.17, 15) is 4.79 Å². The number of carbonyl (C=O) groups excluding carboxylic acids is 1. The Balaban J connectivity index is 1.79. The van der Waals surface area contributed by atoms with Gasteiger partial charge in [-0.15, -0.1) is 10.2 Å². The van der Waals surface area contributed by atoms with Crippen molar-refractivity contribution in [2.24, 2.45) is 0 Å². The van der Waals surface area contributed by atoms with Crippen molar-refractivity contribution in [1.82, 2.24) is 29.9 Å². The van der Waals surface area contributed by atoms with Gasteiger partial charge in [-0.05, 0) is 40.2 Å². The van der Waals surface area contributed by atoms with Crippen LogP contribution in [0.3, 0.4) is 0 Å². The summed E-state index contributed by atoms with van der Waals surface area (Å²) in [4.78, 5) is 12.0. The van der Waals surface area contributed by atoms with E-state index in [2.05, 4.69) is 20.6 Å². The first-order valence-corrected chi connectivity index (χ1v) is 7.69. The summed E-state index contributed by atoms with van der Waals surface area (Å²) < 4.78 is 3.88. The SMILES string of the molecule is CCn1cnnc1C(C)NC(=O)CCCn1nc(C)cc1C. The lowest BCUT2D eigenvalue weighted by molar-refractivity contribution is -0.121. The number of hydrogen-bond acceptors (Lipinski definition) is 4. The van der Waals surface area contributed by atoms with Crippen LogP contribution in [-0.2, 0) is 17.9 Å². The average molecular weight is 304 g/mol. The van der Waals surface area contributed by atoms with Gasteiger partial charge in [0.25, 0.3) is 0 Å². The minimum absolute atomic E-state index is 0.0275. The van der Waals surface area contributed by atoms with Crippen molar-refractivity contribution in [3.05, 3.63) is 29.6 Å². The molecular formula is C15H24N6O. The first-order valence-electron chi connectivity index (χ1n) is 7.69. The summed E-state index contributed by atoms with van der Waals surface area (Å²) in [7, 11) is 0. The summed E-state index contributed by atoms with van der Waals surface area (Å²) in [6, 6.07) is 1.91. The Bertz CT molecular complexity index is 630. The number of hydrogen-bond donors (Lipinski definition) is 1. The number of rotatable bonds is 7. The molecule has 0 radical (unpaired) electrons. The van der Waals surface area contributed by atoms with E-state index in [4.69, 9.17) is 0 Å². The van der Waals surface area contributed by atoms with Crippen molar-refractivity contribution in [3.63, 3.8) is 0 Å². The van der Waals surface area contributed by atoms with E-state index in [0.29, 0.717) is 6.42 Å². The molecule has 0 aromatic carbocycles. The average Bonchev–Trinajstić information content (AvgIpc) is 3.05. The van der Waals surface area contributed by atoms with Gasteiger partial charge < -0.3 is 9.88 Å². The van der Waals surface area contributed by atoms with Crippen LogP contribution >= 0.6 is 0 Å². The fourth-order valence-electron chi connectivity index (χ4n) is 2.51. The summed E-state index contributed by atoms with van der Waals surface area (Å²) in [5, 5.41) is 15.3. The fourth-order valence-corrected chi connectivity index (χ4v) is 2.51. The highest BCUT2D eigenvalue weighted by atomic mass is 16.1. The Kier molecular flexibility index (Phi) is 5.30. The second-order valence-corrected chi connectivity index (χ2v) is 5.52. The van der Waals surface area contributed by atoms with Gasteiger partial charge >= 0.3 is 0 Å². The quantitative estimate of drug-likeness (QED) is 0.845. The molecule has 0 fully saturated rings. The number of carbonyl (C=O) groups is 1. The summed E-state index contributed by atoms with van der Waals surface area (Å²) in [6.45, 7) is 9.50. The van der Waals surface area contributed by atoms with E-state index in [1.807, 2.05) is 43.0 Å². The molecule has 2 heterocycles. The molecule has 7 heteroatoms. The topological polar surface area (TPSA) is 77.6 Å². The van der Waals surface area contributed by atoms with Crippen LogP contribution in [0.1, 0.15) is 49.9 Å². The highest BCUT2D eigenvalue weighted by molar-refractivity contribution is 5.76. The van der Waals surface area contributed by atoms with Gasteiger partial charge in [-0.25, -0.2) is 0 Å². The lowest BCUT2D eigenvalue weighted by Crippen LogP contribution is -2.28. The molecule has 0 saturated heterocycles. The van der Waals surface area contributed by atoms with Gasteiger partial charge in [0, 0.05) is 25.2 Å². The Labute approximate surface area is 130 Å². The standard InChI is InChI=1S/C15H24N6O/c1-5-20-10-16-18-15(20)13(4)17-14(22)7-6-8-21-12(3)9-11(2)19-21/h9-10,13H,5-8H2,1-4H3,(H,17,22). The van der Waals surface area contributed by atoms with Gasteiger partial charge in [-0.2, -0.15) is 5.10 Å². The molecule has 0 aliphatic heterocycles. The molecule has 2 rings (SSSR count).